The van der Waals surface area contributed by atoms with E-state index in [2.05, 4.69) is 15.5 Å². The second kappa shape index (κ2) is 11.9. The number of benzene rings is 2. The summed E-state index contributed by atoms with van der Waals surface area (Å²) in [7, 11) is 1.58. The van der Waals surface area contributed by atoms with Gasteiger partial charge in [-0.3, -0.25) is 4.79 Å². The summed E-state index contributed by atoms with van der Waals surface area (Å²) < 4.78 is 53.0. The molecule has 3 rings (SSSR count). The molecule has 1 N–H and O–H groups in total. The van der Waals surface area contributed by atoms with Crippen LogP contribution in [-0.4, -0.2) is 33.5 Å². The van der Waals surface area contributed by atoms with Gasteiger partial charge in [0.25, 0.3) is 0 Å². The maximum Gasteiger partial charge on any atom is 0.418 e. The Balaban J connectivity index is 1.72. The molecule has 36 heavy (non-hydrogen) atoms. The molecule has 0 saturated heterocycles. The Kier molecular flexibility index (Phi) is 9.13. The number of methoxy groups -OCH3 is 1. The van der Waals surface area contributed by atoms with E-state index in [-0.39, 0.29) is 22.4 Å². The number of nitrogens with zero attached hydrogens (tertiary/aromatic N) is 3. The van der Waals surface area contributed by atoms with Gasteiger partial charge in [0.15, 0.2) is 17.1 Å². The van der Waals surface area contributed by atoms with Crippen LogP contribution in [0.4, 0.5) is 18.9 Å². The fourth-order valence-electron chi connectivity index (χ4n) is 3.33. The number of rotatable bonds is 10. The van der Waals surface area contributed by atoms with Crippen LogP contribution in [-0.2, 0) is 17.5 Å². The van der Waals surface area contributed by atoms with Gasteiger partial charge in [0.1, 0.15) is 11.5 Å². The molecule has 2 aromatic carbocycles. The van der Waals surface area contributed by atoms with Crippen LogP contribution < -0.4 is 14.8 Å². The quantitative estimate of drug-likeness (QED) is 0.295. The summed E-state index contributed by atoms with van der Waals surface area (Å²) in [6.45, 7) is 6.46. The van der Waals surface area contributed by atoms with Crippen LogP contribution in [0.3, 0.4) is 0 Å². The van der Waals surface area contributed by atoms with Crippen LogP contribution in [0.1, 0.15) is 38.3 Å². The molecule has 0 spiro atoms. The van der Waals surface area contributed by atoms with Crippen LogP contribution in [0.15, 0.2) is 47.6 Å². The highest BCUT2D eigenvalue weighted by atomic mass is 35.5. The predicted molar refractivity (Wildman–Crippen MR) is 133 cm³/mol. The molecule has 0 aliphatic rings. The summed E-state index contributed by atoms with van der Waals surface area (Å²) in [5.41, 5.74) is -1.37. The van der Waals surface area contributed by atoms with E-state index in [0.29, 0.717) is 29.0 Å². The average Bonchev–Trinajstić information content (AvgIpc) is 3.20. The Hall–Kier alpha value is -2.92. The van der Waals surface area contributed by atoms with E-state index in [1.54, 1.807) is 31.4 Å². The Morgan fingerprint density at radius 3 is 2.39 bits per heavy atom. The highest BCUT2D eigenvalue weighted by molar-refractivity contribution is 7.99. The molecule has 7 nitrogen and oxygen atoms in total. The van der Waals surface area contributed by atoms with Crippen molar-refractivity contribution in [3.63, 3.8) is 0 Å². The zero-order valence-corrected chi connectivity index (χ0v) is 21.7. The molecule has 3 aromatic rings. The number of hydrogen-bond donors (Lipinski definition) is 1. The molecule has 194 valence electrons. The normalized spacial score (nSPS) is 12.5. The third kappa shape index (κ3) is 7.30. The maximum absolute atomic E-state index is 13.3. The molecule has 0 saturated carbocycles. The Morgan fingerprint density at radius 2 is 1.78 bits per heavy atom. The van der Waals surface area contributed by atoms with Crippen LogP contribution >= 0.6 is 23.4 Å². The largest absolute Gasteiger partial charge is 0.497 e. The van der Waals surface area contributed by atoms with Gasteiger partial charge in [0.2, 0.25) is 5.91 Å². The van der Waals surface area contributed by atoms with Gasteiger partial charge in [0, 0.05) is 11.6 Å². The van der Waals surface area contributed by atoms with Crippen molar-refractivity contribution >= 4 is 35.0 Å². The number of carbonyl (C=O) groups is 1. The van der Waals surface area contributed by atoms with Crippen molar-refractivity contribution in [3.05, 3.63) is 58.9 Å². The summed E-state index contributed by atoms with van der Waals surface area (Å²) >= 11 is 6.78. The van der Waals surface area contributed by atoms with Gasteiger partial charge in [-0.2, -0.15) is 13.2 Å². The van der Waals surface area contributed by atoms with Gasteiger partial charge >= 0.3 is 6.18 Å². The standard InChI is InChI=1S/C24H26ClF3N4O3S/c1-14(2)12-32-22(15(3)35-18-8-6-17(34-4)7-9-18)30-31-23(32)36-13-21(33)29-20-10-5-16(25)11-19(20)24(26,27)28/h5-11,14-15H,12-13H2,1-4H3,(H,29,33). The molecule has 1 heterocycles. The molecule has 0 radical (unpaired) electrons. The second-order valence-corrected chi connectivity index (χ2v) is 9.68. The third-order valence-corrected chi connectivity index (χ3v) is 6.12. The van der Waals surface area contributed by atoms with Crippen molar-refractivity contribution in [1.82, 2.24) is 14.8 Å². The smallest absolute Gasteiger partial charge is 0.418 e. The first-order chi connectivity index (χ1) is 17.0. The predicted octanol–water partition coefficient (Wildman–Crippen LogP) is 6.49. The zero-order valence-electron chi connectivity index (χ0n) is 20.1. The highest BCUT2D eigenvalue weighted by Crippen LogP contribution is 2.36. The minimum Gasteiger partial charge on any atom is -0.497 e. The summed E-state index contributed by atoms with van der Waals surface area (Å²) in [6.07, 6.45) is -5.11. The van der Waals surface area contributed by atoms with Crippen molar-refractivity contribution in [2.24, 2.45) is 5.92 Å². The average molecular weight is 543 g/mol. The van der Waals surface area contributed by atoms with Gasteiger partial charge in [-0.05, 0) is 55.3 Å². The van der Waals surface area contributed by atoms with Gasteiger partial charge < -0.3 is 19.4 Å². The van der Waals surface area contributed by atoms with Gasteiger partial charge in [-0.25, -0.2) is 0 Å². The van der Waals surface area contributed by atoms with Crippen molar-refractivity contribution in [2.45, 2.75) is 44.8 Å². The van der Waals surface area contributed by atoms with Crippen molar-refractivity contribution in [2.75, 3.05) is 18.2 Å². The van der Waals surface area contributed by atoms with Crippen molar-refractivity contribution < 1.29 is 27.4 Å². The summed E-state index contributed by atoms with van der Waals surface area (Å²) in [6, 6.07) is 10.3. The minimum atomic E-state index is -4.66. The molecule has 0 aliphatic heterocycles. The molecular weight excluding hydrogens is 517 g/mol. The summed E-state index contributed by atoms with van der Waals surface area (Å²) in [5.74, 6) is 1.36. The number of amides is 1. The van der Waals surface area contributed by atoms with E-state index in [1.165, 1.54) is 6.07 Å². The summed E-state index contributed by atoms with van der Waals surface area (Å²) in [5, 5.41) is 11.2. The fraction of sp³-hybridized carbons (Fsp3) is 0.375. The summed E-state index contributed by atoms with van der Waals surface area (Å²) in [4.78, 5) is 12.5. The van der Waals surface area contributed by atoms with E-state index in [4.69, 9.17) is 21.1 Å². The van der Waals surface area contributed by atoms with Crippen molar-refractivity contribution in [1.29, 1.82) is 0 Å². The number of alkyl halides is 3. The molecule has 1 aromatic heterocycles. The van der Waals surface area contributed by atoms with Crippen molar-refractivity contribution in [3.8, 4) is 11.5 Å². The number of hydrogen-bond acceptors (Lipinski definition) is 6. The van der Waals surface area contributed by atoms with Gasteiger partial charge in [0.05, 0.1) is 24.1 Å². The Bertz CT molecular complexity index is 1190. The van der Waals surface area contributed by atoms with Crippen LogP contribution in [0.5, 0.6) is 11.5 Å². The van der Waals surface area contributed by atoms with Crippen LogP contribution in [0, 0.1) is 5.92 Å². The molecular formula is C24H26ClF3N4O3S. The number of aromatic nitrogens is 3. The lowest BCUT2D eigenvalue weighted by Crippen LogP contribution is -2.19. The zero-order chi connectivity index (χ0) is 26.5. The molecule has 12 heteroatoms. The number of ether oxygens (including phenoxy) is 2. The molecule has 1 atom stereocenters. The van der Waals surface area contributed by atoms with Gasteiger partial charge in [-0.15, -0.1) is 10.2 Å². The first kappa shape index (κ1) is 27.7. The Morgan fingerprint density at radius 1 is 1.11 bits per heavy atom. The number of carbonyl (C=O) groups excluding carboxylic acids is 1. The molecule has 0 bridgehead atoms. The van der Waals surface area contributed by atoms with E-state index < -0.39 is 23.8 Å². The number of anilines is 1. The van der Waals surface area contributed by atoms with E-state index >= 15 is 0 Å². The molecule has 0 fully saturated rings. The topological polar surface area (TPSA) is 78.3 Å². The SMILES string of the molecule is COc1ccc(OC(C)c2nnc(SCC(=O)Nc3ccc(Cl)cc3C(F)(F)F)n2CC(C)C)cc1. The number of thioether (sulfide) groups is 1. The first-order valence-corrected chi connectivity index (χ1v) is 12.4. The lowest BCUT2D eigenvalue weighted by Gasteiger charge is -2.18. The van der Waals surface area contributed by atoms with E-state index in [1.807, 2.05) is 25.3 Å². The Labute approximate surface area is 216 Å². The molecule has 1 amide bonds. The molecule has 0 aliphatic carbocycles. The van der Waals surface area contributed by atoms with Gasteiger partial charge in [-0.1, -0.05) is 37.2 Å². The maximum atomic E-state index is 13.3. The first-order valence-electron chi connectivity index (χ1n) is 11.0. The lowest BCUT2D eigenvalue weighted by molar-refractivity contribution is -0.137. The van der Waals surface area contributed by atoms with Crippen LogP contribution in [0.25, 0.3) is 0 Å². The molecule has 1 unspecified atom stereocenters. The third-order valence-electron chi connectivity index (χ3n) is 4.92. The van der Waals surface area contributed by atoms with E-state index in [9.17, 15) is 18.0 Å². The minimum absolute atomic E-state index is 0.0741. The number of nitrogens with one attached hydrogen (secondary N) is 1. The van der Waals surface area contributed by atoms with Crippen LogP contribution in [0.2, 0.25) is 5.02 Å². The lowest BCUT2D eigenvalue weighted by atomic mass is 10.1. The fourth-order valence-corrected chi connectivity index (χ4v) is 4.26. The second-order valence-electron chi connectivity index (χ2n) is 8.31. The van der Waals surface area contributed by atoms with E-state index in [0.717, 1.165) is 23.9 Å². The highest BCUT2D eigenvalue weighted by Gasteiger charge is 2.34. The monoisotopic (exact) mass is 542 g/mol. The number of halogens is 4.